The number of carbonyl (C=O) groups is 1. The lowest BCUT2D eigenvalue weighted by molar-refractivity contribution is 0.0935. The van der Waals surface area contributed by atoms with Crippen molar-refractivity contribution in [3.63, 3.8) is 0 Å². The summed E-state index contributed by atoms with van der Waals surface area (Å²) in [5.74, 6) is 0.593. The minimum atomic E-state index is -0.546. The molecule has 7 rings (SSSR count). The normalized spacial score (nSPS) is 14.3. The van der Waals surface area contributed by atoms with E-state index in [4.69, 9.17) is 15.7 Å². The molecule has 202 valence electrons. The molecule has 0 spiro atoms. The van der Waals surface area contributed by atoms with Gasteiger partial charge in [-0.05, 0) is 73.4 Å². The van der Waals surface area contributed by atoms with E-state index in [2.05, 4.69) is 31.5 Å². The third-order valence-corrected chi connectivity index (χ3v) is 7.26. The number of rotatable bonds is 5. The molecule has 1 atom stereocenters. The maximum Gasteiger partial charge on any atom is 0.253 e. The maximum absolute atomic E-state index is 13.8. The molecule has 0 unspecified atom stereocenters. The molecule has 5 aromatic heterocycles. The number of halogens is 1. The van der Waals surface area contributed by atoms with Crippen LogP contribution in [-0.2, 0) is 6.42 Å². The molecule has 3 N–H and O–H groups in total. The highest BCUT2D eigenvalue weighted by atomic mass is 19.1. The number of benzene rings is 1. The molecule has 11 nitrogen and oxygen atoms in total. The number of aryl methyl sites for hydroxylation is 2. The topological polar surface area (TPSA) is 142 Å². The van der Waals surface area contributed by atoms with E-state index in [1.54, 1.807) is 25.5 Å². The number of anilines is 1. The number of nitrogen functional groups attached to an aromatic ring is 1. The molecule has 0 fully saturated rings. The SMILES string of the molecule is Cc1ncc(F)cc1C(=O)N[C@H]1CCc2cc(-n3c(-c4cccnc4N)nc4ccc(-n5nccn5)nc43)ccc21. The molecule has 41 heavy (non-hydrogen) atoms. The largest absolute Gasteiger partial charge is 0.383 e. The second-order valence-electron chi connectivity index (χ2n) is 9.77. The van der Waals surface area contributed by atoms with Crippen molar-refractivity contribution in [1.82, 2.24) is 44.8 Å². The summed E-state index contributed by atoms with van der Waals surface area (Å²) < 4.78 is 15.7. The van der Waals surface area contributed by atoms with Gasteiger partial charge in [-0.25, -0.2) is 19.3 Å². The van der Waals surface area contributed by atoms with Gasteiger partial charge >= 0.3 is 0 Å². The van der Waals surface area contributed by atoms with Crippen molar-refractivity contribution in [2.45, 2.75) is 25.8 Å². The number of hydrogen-bond acceptors (Lipinski definition) is 8. The van der Waals surface area contributed by atoms with E-state index in [9.17, 15) is 9.18 Å². The van der Waals surface area contributed by atoms with Gasteiger partial charge in [-0.2, -0.15) is 10.2 Å². The highest BCUT2D eigenvalue weighted by molar-refractivity contribution is 5.95. The second kappa shape index (κ2) is 9.59. The summed E-state index contributed by atoms with van der Waals surface area (Å²) in [6.07, 6.45) is 7.39. The van der Waals surface area contributed by atoms with Crippen molar-refractivity contribution >= 4 is 22.9 Å². The minimum absolute atomic E-state index is 0.210. The number of nitrogens with two attached hydrogens (primary N) is 1. The monoisotopic (exact) mass is 546 g/mol. The number of pyridine rings is 3. The van der Waals surface area contributed by atoms with E-state index in [0.29, 0.717) is 46.3 Å². The number of imidazole rings is 1. The summed E-state index contributed by atoms with van der Waals surface area (Å²) in [5, 5.41) is 11.5. The molecule has 1 aliphatic carbocycles. The summed E-state index contributed by atoms with van der Waals surface area (Å²) in [6.45, 7) is 1.69. The Labute approximate surface area is 232 Å². The molecule has 1 aliphatic rings. The number of carbonyl (C=O) groups excluding carboxylic acids is 1. The number of aromatic nitrogens is 8. The van der Waals surface area contributed by atoms with Crippen LogP contribution in [0.3, 0.4) is 0 Å². The summed E-state index contributed by atoms with van der Waals surface area (Å²) in [4.78, 5) is 32.4. The van der Waals surface area contributed by atoms with E-state index in [1.807, 2.05) is 41.0 Å². The van der Waals surface area contributed by atoms with Crippen LogP contribution in [0, 0.1) is 12.7 Å². The van der Waals surface area contributed by atoms with Crippen molar-refractivity contribution in [2.24, 2.45) is 0 Å². The van der Waals surface area contributed by atoms with E-state index in [1.165, 1.54) is 10.9 Å². The van der Waals surface area contributed by atoms with Crippen LogP contribution in [0.4, 0.5) is 10.2 Å². The van der Waals surface area contributed by atoms with E-state index >= 15 is 0 Å². The Kier molecular flexibility index (Phi) is 5.73. The first-order chi connectivity index (χ1) is 20.0. The fourth-order valence-electron chi connectivity index (χ4n) is 5.29. The minimum Gasteiger partial charge on any atom is -0.383 e. The zero-order valence-electron chi connectivity index (χ0n) is 21.9. The first-order valence-electron chi connectivity index (χ1n) is 13.0. The predicted octanol–water partition coefficient (Wildman–Crippen LogP) is 3.91. The standard InChI is InChI=1S/C29H23FN10O/c1-16-22(14-18(30)15-33-16)29(41)37-23-7-4-17-13-19(5-6-20(17)23)39-27(21-3-2-10-32-26(21)31)36-24-8-9-25(38-28(24)39)40-34-11-12-35-40/h2-3,5-6,8-15,23H,4,7H2,1H3,(H2,31,32)(H,37,41)/t23-/m0/s1. The zero-order valence-corrected chi connectivity index (χ0v) is 21.9. The molecule has 0 saturated carbocycles. The molecule has 1 amide bonds. The molecule has 6 aromatic rings. The van der Waals surface area contributed by atoms with Gasteiger partial charge in [-0.15, -0.1) is 4.80 Å². The van der Waals surface area contributed by atoms with E-state index < -0.39 is 5.82 Å². The number of nitrogens with zero attached hydrogens (tertiary/aromatic N) is 8. The Morgan fingerprint density at radius 2 is 1.90 bits per heavy atom. The van der Waals surface area contributed by atoms with Gasteiger partial charge in [0, 0.05) is 11.9 Å². The smallest absolute Gasteiger partial charge is 0.253 e. The van der Waals surface area contributed by atoms with E-state index in [-0.39, 0.29) is 17.5 Å². The average Bonchev–Trinajstić information content (AvgIpc) is 3.73. The maximum atomic E-state index is 13.8. The van der Waals surface area contributed by atoms with Gasteiger partial charge in [0.15, 0.2) is 17.3 Å². The van der Waals surface area contributed by atoms with Crippen molar-refractivity contribution < 1.29 is 9.18 Å². The molecule has 0 bridgehead atoms. The van der Waals surface area contributed by atoms with Gasteiger partial charge < -0.3 is 11.1 Å². The van der Waals surface area contributed by atoms with Gasteiger partial charge in [-0.1, -0.05) is 6.07 Å². The molecule has 0 radical (unpaired) electrons. The van der Waals surface area contributed by atoms with Crippen LogP contribution in [0.1, 0.15) is 39.6 Å². The van der Waals surface area contributed by atoms with Crippen molar-refractivity contribution in [3.05, 3.63) is 102 Å². The van der Waals surface area contributed by atoms with Gasteiger partial charge in [-0.3, -0.25) is 14.3 Å². The molecule has 5 heterocycles. The third-order valence-electron chi connectivity index (χ3n) is 7.26. The lowest BCUT2D eigenvalue weighted by atomic mass is 10.1. The molecule has 12 heteroatoms. The second-order valence-corrected chi connectivity index (χ2v) is 9.77. The molecule has 0 saturated heterocycles. The molecular formula is C29H23FN10O. The van der Waals surface area contributed by atoms with Gasteiger partial charge in [0.2, 0.25) is 0 Å². The highest BCUT2D eigenvalue weighted by Crippen LogP contribution is 2.36. The molecule has 1 aromatic carbocycles. The van der Waals surface area contributed by atoms with Crippen molar-refractivity contribution in [1.29, 1.82) is 0 Å². The Hall–Kier alpha value is -5.52. The lowest BCUT2D eigenvalue weighted by Crippen LogP contribution is -2.28. The lowest BCUT2D eigenvalue weighted by Gasteiger charge is -2.16. The Balaban J connectivity index is 1.31. The van der Waals surface area contributed by atoms with Gasteiger partial charge in [0.05, 0.1) is 41.5 Å². The number of nitrogens with one attached hydrogen (secondary N) is 1. The number of hydrogen-bond donors (Lipinski definition) is 2. The quantitative estimate of drug-likeness (QED) is 0.332. The van der Waals surface area contributed by atoms with Gasteiger partial charge in [0.1, 0.15) is 17.2 Å². The average molecular weight is 547 g/mol. The van der Waals surface area contributed by atoms with Gasteiger partial charge in [0.25, 0.3) is 5.91 Å². The number of amides is 1. The summed E-state index contributed by atoms with van der Waals surface area (Å²) >= 11 is 0. The predicted molar refractivity (Wildman–Crippen MR) is 149 cm³/mol. The number of fused-ring (bicyclic) bond motifs is 2. The van der Waals surface area contributed by atoms with Crippen molar-refractivity contribution in [3.8, 4) is 22.9 Å². The van der Waals surface area contributed by atoms with Crippen molar-refractivity contribution in [2.75, 3.05) is 5.73 Å². The van der Waals surface area contributed by atoms with Crippen LogP contribution in [0.25, 0.3) is 34.1 Å². The zero-order chi connectivity index (χ0) is 28.1. The van der Waals surface area contributed by atoms with E-state index in [0.717, 1.165) is 29.4 Å². The van der Waals surface area contributed by atoms with Crippen LogP contribution < -0.4 is 11.1 Å². The highest BCUT2D eigenvalue weighted by Gasteiger charge is 2.27. The fraction of sp³-hybridized carbons (Fsp3) is 0.138. The van der Waals surface area contributed by atoms with Crippen LogP contribution in [0.2, 0.25) is 0 Å². The van der Waals surface area contributed by atoms with Crippen LogP contribution >= 0.6 is 0 Å². The third kappa shape index (κ3) is 4.25. The Morgan fingerprint density at radius 3 is 2.73 bits per heavy atom. The van der Waals surface area contributed by atoms with Crippen LogP contribution in [0.15, 0.2) is 73.3 Å². The van der Waals surface area contributed by atoms with Crippen LogP contribution in [0.5, 0.6) is 0 Å². The fourth-order valence-corrected chi connectivity index (χ4v) is 5.29. The molecule has 0 aliphatic heterocycles. The Bertz CT molecular complexity index is 1950. The molecular weight excluding hydrogens is 523 g/mol. The van der Waals surface area contributed by atoms with Crippen LogP contribution in [-0.4, -0.2) is 45.4 Å². The first-order valence-corrected chi connectivity index (χ1v) is 13.0. The summed E-state index contributed by atoms with van der Waals surface area (Å²) in [5.41, 5.74) is 11.9. The summed E-state index contributed by atoms with van der Waals surface area (Å²) in [6, 6.07) is 14.4. The first kappa shape index (κ1) is 24.5. The Morgan fingerprint density at radius 1 is 1.05 bits per heavy atom. The summed E-state index contributed by atoms with van der Waals surface area (Å²) in [7, 11) is 0.